The van der Waals surface area contributed by atoms with Crippen molar-refractivity contribution >= 4 is 10.1 Å². The molecule has 0 unspecified atom stereocenters. The van der Waals surface area contributed by atoms with Gasteiger partial charge in [-0.05, 0) is 43.0 Å². The molecular weight excluding hydrogens is 452 g/mol. The van der Waals surface area contributed by atoms with E-state index in [0.29, 0.717) is 39.3 Å². The van der Waals surface area contributed by atoms with Crippen LogP contribution in [-0.2, 0) is 37.0 Å². The highest BCUT2D eigenvalue weighted by Crippen LogP contribution is 2.13. The number of aliphatic hydroxyl groups excluding tert-OH is 1. The molecule has 3 rings (SSSR count). The molecule has 0 bridgehead atoms. The van der Waals surface area contributed by atoms with Crippen molar-refractivity contribution in [2.24, 2.45) is 0 Å². The third kappa shape index (κ3) is 11.5. The largest absolute Gasteiger partial charge is 0.396 e. The average Bonchev–Trinajstić information content (AvgIpc) is 2.86. The number of hydrogen-bond acceptors (Lipinski definition) is 6. The minimum absolute atomic E-state index is 0.116. The Kier molecular flexibility index (Phi) is 13.1. The summed E-state index contributed by atoms with van der Waals surface area (Å²) in [5, 5.41) is 8.48. The molecule has 0 fully saturated rings. The Morgan fingerprint density at radius 1 is 0.676 bits per heavy atom. The van der Waals surface area contributed by atoms with Crippen molar-refractivity contribution in [3.05, 3.63) is 102 Å². The van der Waals surface area contributed by atoms with E-state index in [4.69, 9.17) is 18.8 Å². The van der Waals surface area contributed by atoms with Crippen LogP contribution < -0.4 is 0 Å². The predicted octanol–water partition coefficient (Wildman–Crippen LogP) is 4.89. The zero-order valence-electron chi connectivity index (χ0n) is 19.6. The van der Waals surface area contributed by atoms with E-state index in [1.807, 2.05) is 67.6 Å². The van der Waals surface area contributed by atoms with Gasteiger partial charge >= 0.3 is 0 Å². The fourth-order valence-electron chi connectivity index (χ4n) is 2.80. The Morgan fingerprint density at radius 2 is 1.18 bits per heavy atom. The van der Waals surface area contributed by atoms with Gasteiger partial charge in [0.05, 0.1) is 24.7 Å². The van der Waals surface area contributed by atoms with Gasteiger partial charge in [-0.25, -0.2) is 0 Å². The fourth-order valence-corrected chi connectivity index (χ4v) is 3.74. The molecule has 34 heavy (non-hydrogen) atoms. The standard InChI is InChI=1S/C17H20O4S.C10H14O2/c1-15-8-10-17(11-9-15)22(18,19)21-13-5-12-20-14-16-6-3-2-4-7-16;11-7-4-8-12-9-10-5-2-1-3-6-10/h2-4,6-11H,5,12-14H2,1H3;1-3,5-6,11H,4,7-9H2. The summed E-state index contributed by atoms with van der Waals surface area (Å²) in [6.45, 7) is 4.47. The molecule has 184 valence electrons. The van der Waals surface area contributed by atoms with Crippen LogP contribution in [0.3, 0.4) is 0 Å². The molecule has 7 heteroatoms. The van der Waals surface area contributed by atoms with Crippen molar-refractivity contribution < 1.29 is 27.2 Å². The maximum atomic E-state index is 11.9. The Morgan fingerprint density at radius 3 is 1.68 bits per heavy atom. The predicted molar refractivity (Wildman–Crippen MR) is 133 cm³/mol. The summed E-state index contributed by atoms with van der Waals surface area (Å²) < 4.78 is 39.7. The lowest BCUT2D eigenvalue weighted by molar-refractivity contribution is 0.104. The Hall–Kier alpha value is -2.55. The number of rotatable bonds is 13. The lowest BCUT2D eigenvalue weighted by Gasteiger charge is -2.07. The fraction of sp³-hybridized carbons (Fsp3) is 0.333. The van der Waals surface area contributed by atoms with Crippen LogP contribution in [0.25, 0.3) is 0 Å². The summed E-state index contributed by atoms with van der Waals surface area (Å²) >= 11 is 0. The molecule has 0 aromatic heterocycles. The highest BCUT2D eigenvalue weighted by atomic mass is 32.2. The van der Waals surface area contributed by atoms with E-state index in [1.165, 1.54) is 5.56 Å². The van der Waals surface area contributed by atoms with Gasteiger partial charge in [-0.3, -0.25) is 4.18 Å². The minimum atomic E-state index is -3.67. The average molecular weight is 487 g/mol. The van der Waals surface area contributed by atoms with Crippen molar-refractivity contribution in [3.63, 3.8) is 0 Å². The number of benzene rings is 3. The molecule has 0 aliphatic heterocycles. The van der Waals surface area contributed by atoms with Gasteiger partial charge in [0, 0.05) is 19.8 Å². The summed E-state index contributed by atoms with van der Waals surface area (Å²) in [5.74, 6) is 0. The topological polar surface area (TPSA) is 82.1 Å². The zero-order valence-corrected chi connectivity index (χ0v) is 20.5. The Labute approximate surface area is 203 Å². The van der Waals surface area contributed by atoms with E-state index in [-0.39, 0.29) is 18.1 Å². The molecule has 0 amide bonds. The van der Waals surface area contributed by atoms with Gasteiger partial charge < -0.3 is 14.6 Å². The van der Waals surface area contributed by atoms with Crippen LogP contribution in [0.15, 0.2) is 89.8 Å². The molecule has 0 aliphatic carbocycles. The van der Waals surface area contributed by atoms with Gasteiger partial charge in [0.25, 0.3) is 10.1 Å². The molecule has 3 aromatic rings. The number of ether oxygens (including phenoxy) is 2. The molecule has 0 heterocycles. The van der Waals surface area contributed by atoms with E-state index in [2.05, 4.69) is 0 Å². The highest BCUT2D eigenvalue weighted by molar-refractivity contribution is 7.86. The second kappa shape index (κ2) is 16.1. The molecule has 0 spiro atoms. The Balaban J connectivity index is 0.000000287. The smallest absolute Gasteiger partial charge is 0.296 e. The summed E-state index contributed by atoms with van der Waals surface area (Å²) in [6.07, 6.45) is 1.24. The van der Waals surface area contributed by atoms with E-state index in [0.717, 1.165) is 11.1 Å². The third-order valence-electron chi connectivity index (χ3n) is 4.65. The van der Waals surface area contributed by atoms with E-state index < -0.39 is 10.1 Å². The van der Waals surface area contributed by atoms with Gasteiger partial charge in [0.1, 0.15) is 0 Å². The molecule has 0 saturated heterocycles. The lowest BCUT2D eigenvalue weighted by atomic mass is 10.2. The maximum Gasteiger partial charge on any atom is 0.296 e. The van der Waals surface area contributed by atoms with Crippen LogP contribution in [0, 0.1) is 6.92 Å². The summed E-state index contributed by atoms with van der Waals surface area (Å²) in [5.41, 5.74) is 3.28. The molecule has 1 N–H and O–H groups in total. The second-order valence-corrected chi connectivity index (χ2v) is 9.21. The molecule has 3 aromatic carbocycles. The molecule has 0 atom stereocenters. The number of aryl methyl sites for hydroxylation is 1. The van der Waals surface area contributed by atoms with Crippen molar-refractivity contribution in [1.82, 2.24) is 0 Å². The van der Waals surface area contributed by atoms with E-state index in [1.54, 1.807) is 24.3 Å². The molecular formula is C27H34O6S. The third-order valence-corrected chi connectivity index (χ3v) is 5.98. The van der Waals surface area contributed by atoms with Crippen molar-refractivity contribution in [2.75, 3.05) is 26.4 Å². The summed E-state index contributed by atoms with van der Waals surface area (Å²) in [6, 6.07) is 26.5. The number of hydrogen-bond donors (Lipinski definition) is 1. The minimum Gasteiger partial charge on any atom is -0.396 e. The van der Waals surface area contributed by atoms with E-state index in [9.17, 15) is 8.42 Å². The lowest BCUT2D eigenvalue weighted by Crippen LogP contribution is -2.09. The SMILES string of the molecule is Cc1ccc(S(=O)(=O)OCCCOCc2ccccc2)cc1.OCCCOCc1ccccc1. The van der Waals surface area contributed by atoms with Gasteiger partial charge in [0.2, 0.25) is 0 Å². The van der Waals surface area contributed by atoms with Crippen LogP contribution in [0.2, 0.25) is 0 Å². The van der Waals surface area contributed by atoms with Gasteiger partial charge in [-0.15, -0.1) is 0 Å². The summed E-state index contributed by atoms with van der Waals surface area (Å²) in [7, 11) is -3.67. The molecule has 6 nitrogen and oxygen atoms in total. The monoisotopic (exact) mass is 486 g/mol. The molecule has 0 saturated carbocycles. The van der Waals surface area contributed by atoms with Crippen LogP contribution in [0.5, 0.6) is 0 Å². The Bertz CT molecular complexity index is 1010. The van der Waals surface area contributed by atoms with Crippen molar-refractivity contribution in [2.45, 2.75) is 37.9 Å². The van der Waals surface area contributed by atoms with Gasteiger partial charge in [0.15, 0.2) is 0 Å². The van der Waals surface area contributed by atoms with Crippen LogP contribution in [0.1, 0.15) is 29.5 Å². The van der Waals surface area contributed by atoms with E-state index >= 15 is 0 Å². The summed E-state index contributed by atoms with van der Waals surface area (Å²) in [4.78, 5) is 0.184. The highest BCUT2D eigenvalue weighted by Gasteiger charge is 2.14. The first-order valence-corrected chi connectivity index (χ1v) is 12.7. The zero-order chi connectivity index (χ0) is 24.5. The van der Waals surface area contributed by atoms with Crippen molar-refractivity contribution in [1.29, 1.82) is 0 Å². The second-order valence-electron chi connectivity index (χ2n) is 7.60. The molecule has 0 aliphatic rings. The maximum absolute atomic E-state index is 11.9. The van der Waals surface area contributed by atoms with Crippen LogP contribution >= 0.6 is 0 Å². The quantitative estimate of drug-likeness (QED) is 0.274. The van der Waals surface area contributed by atoms with Crippen LogP contribution in [-0.4, -0.2) is 40.0 Å². The van der Waals surface area contributed by atoms with Crippen LogP contribution in [0.4, 0.5) is 0 Å². The first kappa shape index (κ1) is 27.7. The number of aliphatic hydroxyl groups is 1. The normalized spacial score (nSPS) is 11.0. The van der Waals surface area contributed by atoms with Crippen molar-refractivity contribution in [3.8, 4) is 0 Å². The first-order chi connectivity index (χ1) is 16.5. The molecule has 0 radical (unpaired) electrons. The first-order valence-electron chi connectivity index (χ1n) is 11.3. The van der Waals surface area contributed by atoms with Gasteiger partial charge in [-0.1, -0.05) is 78.4 Å². The van der Waals surface area contributed by atoms with Gasteiger partial charge in [-0.2, -0.15) is 8.42 Å².